The number of carbonyl (C=O) groups excluding carboxylic acids is 1. The summed E-state index contributed by atoms with van der Waals surface area (Å²) in [6, 6.07) is 25.2. The van der Waals surface area contributed by atoms with Gasteiger partial charge in [0.25, 0.3) is 0 Å². The maximum atomic E-state index is 12.3. The number of rotatable bonds is 7. The van der Waals surface area contributed by atoms with Crippen LogP contribution in [0.4, 0.5) is 16.2 Å². The lowest BCUT2D eigenvalue weighted by Gasteiger charge is -2.14. The molecule has 4 aromatic rings. The number of benzene rings is 3. The van der Waals surface area contributed by atoms with Crippen molar-refractivity contribution in [2.45, 2.75) is 20.0 Å². The molecule has 0 saturated carbocycles. The summed E-state index contributed by atoms with van der Waals surface area (Å²) in [5.74, 6) is 0. The van der Waals surface area contributed by atoms with Crippen molar-refractivity contribution < 1.29 is 4.79 Å². The summed E-state index contributed by atoms with van der Waals surface area (Å²) in [7, 11) is 2.06. The first-order chi connectivity index (χ1) is 15.6. The zero-order valence-corrected chi connectivity index (χ0v) is 18.2. The molecule has 2 N–H and O–H groups in total. The molecular weight excluding hydrogens is 400 g/mol. The first kappa shape index (κ1) is 21.3. The Morgan fingerprint density at radius 2 is 1.62 bits per heavy atom. The lowest BCUT2D eigenvalue weighted by Crippen LogP contribution is -2.19. The molecule has 3 aromatic carbocycles. The van der Waals surface area contributed by atoms with Gasteiger partial charge in [0.05, 0.1) is 17.6 Å². The van der Waals surface area contributed by atoms with Crippen molar-refractivity contribution in [2.75, 3.05) is 17.7 Å². The topological polar surface area (TPSA) is 75.1 Å². The minimum absolute atomic E-state index is 0.281. The van der Waals surface area contributed by atoms with Crippen molar-refractivity contribution in [1.82, 2.24) is 19.9 Å². The third kappa shape index (κ3) is 5.59. The zero-order valence-electron chi connectivity index (χ0n) is 18.2. The van der Waals surface area contributed by atoms with Crippen LogP contribution in [0.1, 0.15) is 16.8 Å². The van der Waals surface area contributed by atoms with Gasteiger partial charge < -0.3 is 10.6 Å². The number of carbonyl (C=O) groups is 1. The molecule has 0 fully saturated rings. The number of anilines is 2. The second-order valence-electron chi connectivity index (χ2n) is 7.75. The van der Waals surface area contributed by atoms with Gasteiger partial charge in [0.1, 0.15) is 0 Å². The van der Waals surface area contributed by atoms with Gasteiger partial charge >= 0.3 is 6.03 Å². The van der Waals surface area contributed by atoms with Crippen LogP contribution in [0.2, 0.25) is 0 Å². The first-order valence-corrected chi connectivity index (χ1v) is 10.4. The van der Waals surface area contributed by atoms with E-state index >= 15 is 0 Å². The van der Waals surface area contributed by atoms with Crippen LogP contribution in [-0.2, 0) is 13.1 Å². The molecule has 0 atom stereocenters. The lowest BCUT2D eigenvalue weighted by molar-refractivity contribution is 0.262. The normalized spacial score (nSPS) is 10.8. The van der Waals surface area contributed by atoms with E-state index in [-0.39, 0.29) is 6.03 Å². The number of para-hydroxylation sites is 1. The summed E-state index contributed by atoms with van der Waals surface area (Å²) in [5.41, 5.74) is 5.52. The average Bonchev–Trinajstić information content (AvgIpc) is 3.25. The van der Waals surface area contributed by atoms with Crippen molar-refractivity contribution >= 4 is 17.4 Å². The van der Waals surface area contributed by atoms with E-state index < -0.39 is 0 Å². The van der Waals surface area contributed by atoms with E-state index in [0.717, 1.165) is 29.2 Å². The predicted octanol–water partition coefficient (Wildman–Crippen LogP) is 4.85. The van der Waals surface area contributed by atoms with E-state index in [1.807, 2.05) is 79.9 Å². The highest BCUT2D eigenvalue weighted by Crippen LogP contribution is 2.16. The highest BCUT2D eigenvalue weighted by atomic mass is 16.2. The molecule has 0 spiro atoms. The quantitative estimate of drug-likeness (QED) is 0.443. The fourth-order valence-electron chi connectivity index (χ4n) is 3.42. The molecule has 7 heteroatoms. The molecule has 162 valence electrons. The summed E-state index contributed by atoms with van der Waals surface area (Å²) in [6.07, 6.45) is 1.93. The largest absolute Gasteiger partial charge is 0.323 e. The summed E-state index contributed by atoms with van der Waals surface area (Å²) in [6.45, 7) is 3.50. The van der Waals surface area contributed by atoms with Gasteiger partial charge in [0, 0.05) is 24.5 Å². The molecule has 0 aliphatic heterocycles. The Morgan fingerprint density at radius 3 is 2.38 bits per heavy atom. The van der Waals surface area contributed by atoms with Crippen LogP contribution >= 0.6 is 0 Å². The van der Waals surface area contributed by atoms with Crippen LogP contribution in [0.3, 0.4) is 0 Å². The second-order valence-corrected chi connectivity index (χ2v) is 7.75. The summed E-state index contributed by atoms with van der Waals surface area (Å²) >= 11 is 0. The molecule has 32 heavy (non-hydrogen) atoms. The summed E-state index contributed by atoms with van der Waals surface area (Å²) < 4.78 is 1.74. The molecule has 4 rings (SSSR count). The average molecular weight is 427 g/mol. The monoisotopic (exact) mass is 426 g/mol. The van der Waals surface area contributed by atoms with Crippen LogP contribution in [0.25, 0.3) is 5.69 Å². The fourth-order valence-corrected chi connectivity index (χ4v) is 3.42. The van der Waals surface area contributed by atoms with Crippen molar-refractivity contribution in [3.05, 3.63) is 102 Å². The van der Waals surface area contributed by atoms with E-state index in [9.17, 15) is 4.79 Å². The van der Waals surface area contributed by atoms with Gasteiger partial charge in [0.15, 0.2) is 0 Å². The number of amides is 2. The van der Waals surface area contributed by atoms with Crippen molar-refractivity contribution in [1.29, 1.82) is 0 Å². The van der Waals surface area contributed by atoms with E-state index in [0.29, 0.717) is 12.2 Å². The van der Waals surface area contributed by atoms with Gasteiger partial charge in [0.2, 0.25) is 0 Å². The molecule has 0 bridgehead atoms. The molecule has 1 heterocycles. The van der Waals surface area contributed by atoms with Gasteiger partial charge in [-0.2, -0.15) is 0 Å². The Kier molecular flexibility index (Phi) is 6.57. The summed E-state index contributed by atoms with van der Waals surface area (Å²) in [4.78, 5) is 14.5. The Balaban J connectivity index is 1.33. The van der Waals surface area contributed by atoms with Crippen LogP contribution in [0.15, 0.2) is 85.1 Å². The number of nitrogens with one attached hydrogen (secondary N) is 2. The van der Waals surface area contributed by atoms with Crippen LogP contribution in [-0.4, -0.2) is 33.0 Å². The van der Waals surface area contributed by atoms with Crippen LogP contribution < -0.4 is 10.6 Å². The minimum atomic E-state index is -0.281. The molecule has 0 saturated heterocycles. The Labute approximate surface area is 187 Å². The van der Waals surface area contributed by atoms with E-state index in [2.05, 4.69) is 45.0 Å². The zero-order chi connectivity index (χ0) is 22.3. The third-order valence-electron chi connectivity index (χ3n) is 5.05. The summed E-state index contributed by atoms with van der Waals surface area (Å²) in [5, 5.41) is 14.2. The molecule has 1 aromatic heterocycles. The predicted molar refractivity (Wildman–Crippen MR) is 127 cm³/mol. The number of hydrogen-bond donors (Lipinski definition) is 2. The van der Waals surface area contributed by atoms with Crippen LogP contribution in [0, 0.1) is 6.92 Å². The van der Waals surface area contributed by atoms with E-state index in [4.69, 9.17) is 0 Å². The van der Waals surface area contributed by atoms with Gasteiger partial charge in [-0.05, 0) is 55.4 Å². The van der Waals surface area contributed by atoms with E-state index in [1.165, 1.54) is 5.56 Å². The Bertz CT molecular complexity index is 1170. The van der Waals surface area contributed by atoms with Crippen molar-refractivity contribution in [3.8, 4) is 5.69 Å². The molecular formula is C25H26N6O. The maximum Gasteiger partial charge on any atom is 0.323 e. The first-order valence-electron chi connectivity index (χ1n) is 10.4. The Hall–Kier alpha value is -3.97. The number of aryl methyl sites for hydroxylation is 1. The maximum absolute atomic E-state index is 12.3. The van der Waals surface area contributed by atoms with Crippen molar-refractivity contribution in [3.63, 3.8) is 0 Å². The van der Waals surface area contributed by atoms with Crippen molar-refractivity contribution in [2.24, 2.45) is 0 Å². The smallest absolute Gasteiger partial charge is 0.308 e. The number of hydrogen-bond acceptors (Lipinski definition) is 4. The highest BCUT2D eigenvalue weighted by molar-refractivity contribution is 6.00. The highest BCUT2D eigenvalue weighted by Gasteiger charge is 2.08. The van der Waals surface area contributed by atoms with Gasteiger partial charge in [-0.15, -0.1) is 5.10 Å². The van der Waals surface area contributed by atoms with E-state index in [1.54, 1.807) is 4.68 Å². The molecule has 7 nitrogen and oxygen atoms in total. The number of aromatic nitrogens is 3. The molecule has 0 unspecified atom stereocenters. The molecule has 0 radical (unpaired) electrons. The minimum Gasteiger partial charge on any atom is -0.308 e. The number of urea groups is 1. The third-order valence-corrected chi connectivity index (χ3v) is 5.05. The molecule has 0 aliphatic rings. The van der Waals surface area contributed by atoms with Gasteiger partial charge in [-0.1, -0.05) is 53.7 Å². The second kappa shape index (κ2) is 9.89. The fraction of sp³-hybridized carbons (Fsp3) is 0.160. The standard InChI is InChI=1S/C25H26N6O/c1-19-8-6-7-11-24(19)27-25(32)26-21-12-14-23(15-13-21)31-18-22(28-29-31)17-30(2)16-20-9-4-3-5-10-20/h3-15,18H,16-17H2,1-2H3,(H2,26,27,32). The number of nitrogens with zero attached hydrogens (tertiary/aromatic N) is 4. The SMILES string of the molecule is Cc1ccccc1NC(=O)Nc1ccc(-n2cc(CN(C)Cc3ccccc3)nn2)cc1. The van der Waals surface area contributed by atoms with Gasteiger partial charge in [-0.3, -0.25) is 4.90 Å². The van der Waals surface area contributed by atoms with Gasteiger partial charge in [-0.25, -0.2) is 9.48 Å². The lowest BCUT2D eigenvalue weighted by atomic mass is 10.2. The van der Waals surface area contributed by atoms with Crippen LogP contribution in [0.5, 0.6) is 0 Å². The molecule has 2 amide bonds. The Morgan fingerprint density at radius 1 is 0.906 bits per heavy atom. The molecule has 0 aliphatic carbocycles.